The highest BCUT2D eigenvalue weighted by Gasteiger charge is 2.10. The Bertz CT molecular complexity index is 310. The minimum atomic E-state index is 0.863. The van der Waals surface area contributed by atoms with Crippen molar-refractivity contribution in [2.75, 3.05) is 32.8 Å². The summed E-state index contributed by atoms with van der Waals surface area (Å²) in [4.78, 5) is 6.85. The Morgan fingerprint density at radius 1 is 1.31 bits per heavy atom. The first-order valence-corrected chi connectivity index (χ1v) is 6.04. The fourth-order valence-corrected chi connectivity index (χ4v) is 1.99. The molecular formula is C13H20N2O. The van der Waals surface area contributed by atoms with Crippen LogP contribution in [0, 0.1) is 0 Å². The predicted molar refractivity (Wildman–Crippen MR) is 66.8 cm³/mol. The molecule has 3 nitrogen and oxygen atoms in total. The maximum Gasteiger partial charge on any atom is 0.0593 e. The quantitative estimate of drug-likeness (QED) is 0.711. The molecule has 0 atom stereocenters. The SMILES string of the molecule is CC1=CCC=C(CN2CCCOCC2)C=N1. The van der Waals surface area contributed by atoms with Crippen LogP contribution in [0.5, 0.6) is 0 Å². The molecule has 0 bridgehead atoms. The van der Waals surface area contributed by atoms with E-state index in [0.29, 0.717) is 0 Å². The van der Waals surface area contributed by atoms with Gasteiger partial charge in [-0.15, -0.1) is 0 Å². The topological polar surface area (TPSA) is 24.8 Å². The highest BCUT2D eigenvalue weighted by molar-refractivity contribution is 5.80. The molecule has 0 amide bonds. The number of hydrogen-bond donors (Lipinski definition) is 0. The lowest BCUT2D eigenvalue weighted by Gasteiger charge is -2.19. The van der Waals surface area contributed by atoms with Crippen molar-refractivity contribution in [3.05, 3.63) is 23.4 Å². The number of nitrogens with zero attached hydrogens (tertiary/aromatic N) is 2. The molecule has 88 valence electrons. The van der Waals surface area contributed by atoms with Crippen molar-refractivity contribution in [1.82, 2.24) is 4.90 Å². The predicted octanol–water partition coefficient (Wildman–Crippen LogP) is 2.01. The lowest BCUT2D eigenvalue weighted by Crippen LogP contribution is -2.28. The van der Waals surface area contributed by atoms with Gasteiger partial charge in [0, 0.05) is 38.2 Å². The molecule has 0 radical (unpaired) electrons. The largest absolute Gasteiger partial charge is 0.380 e. The second-order valence-corrected chi connectivity index (χ2v) is 4.36. The van der Waals surface area contributed by atoms with Crippen molar-refractivity contribution >= 4 is 6.21 Å². The molecule has 2 aliphatic rings. The molecule has 2 heterocycles. The lowest BCUT2D eigenvalue weighted by molar-refractivity contribution is 0.143. The van der Waals surface area contributed by atoms with Gasteiger partial charge in [0.05, 0.1) is 6.61 Å². The molecule has 0 unspecified atom stereocenters. The van der Waals surface area contributed by atoms with Crippen LogP contribution in [-0.4, -0.2) is 44.0 Å². The second kappa shape index (κ2) is 5.97. The van der Waals surface area contributed by atoms with Gasteiger partial charge in [0.1, 0.15) is 0 Å². The average molecular weight is 220 g/mol. The smallest absolute Gasteiger partial charge is 0.0593 e. The summed E-state index contributed by atoms with van der Waals surface area (Å²) < 4.78 is 5.45. The van der Waals surface area contributed by atoms with Gasteiger partial charge < -0.3 is 4.74 Å². The van der Waals surface area contributed by atoms with Crippen LogP contribution in [0.15, 0.2) is 28.4 Å². The Morgan fingerprint density at radius 3 is 3.19 bits per heavy atom. The molecule has 0 aromatic carbocycles. The van der Waals surface area contributed by atoms with E-state index in [1.165, 1.54) is 5.57 Å². The average Bonchev–Trinajstić information content (AvgIpc) is 2.63. The fraction of sp³-hybridized carbons (Fsp3) is 0.615. The first-order chi connectivity index (χ1) is 7.84. The van der Waals surface area contributed by atoms with Gasteiger partial charge in [-0.3, -0.25) is 9.89 Å². The second-order valence-electron chi connectivity index (χ2n) is 4.36. The Kier molecular flexibility index (Phi) is 4.31. The van der Waals surface area contributed by atoms with E-state index in [4.69, 9.17) is 4.74 Å². The summed E-state index contributed by atoms with van der Waals surface area (Å²) in [7, 11) is 0. The third kappa shape index (κ3) is 3.58. The minimum absolute atomic E-state index is 0.863. The number of aliphatic imine (C=N–C) groups is 1. The van der Waals surface area contributed by atoms with E-state index in [9.17, 15) is 0 Å². The molecule has 0 N–H and O–H groups in total. The van der Waals surface area contributed by atoms with Gasteiger partial charge in [-0.25, -0.2) is 0 Å². The maximum atomic E-state index is 5.45. The van der Waals surface area contributed by atoms with Crippen LogP contribution in [0.4, 0.5) is 0 Å². The highest BCUT2D eigenvalue weighted by Crippen LogP contribution is 2.09. The van der Waals surface area contributed by atoms with Crippen molar-refractivity contribution in [1.29, 1.82) is 0 Å². The molecule has 0 aliphatic carbocycles. The van der Waals surface area contributed by atoms with Crippen molar-refractivity contribution in [2.24, 2.45) is 4.99 Å². The van der Waals surface area contributed by atoms with E-state index in [1.807, 2.05) is 13.1 Å². The van der Waals surface area contributed by atoms with Crippen LogP contribution in [0.25, 0.3) is 0 Å². The molecule has 0 saturated carbocycles. The van der Waals surface area contributed by atoms with Gasteiger partial charge in [0.25, 0.3) is 0 Å². The van der Waals surface area contributed by atoms with Crippen molar-refractivity contribution in [2.45, 2.75) is 19.8 Å². The van der Waals surface area contributed by atoms with Gasteiger partial charge >= 0.3 is 0 Å². The fourth-order valence-electron chi connectivity index (χ4n) is 1.99. The first kappa shape index (κ1) is 11.6. The summed E-state index contributed by atoms with van der Waals surface area (Å²) in [5, 5.41) is 0. The van der Waals surface area contributed by atoms with Crippen molar-refractivity contribution in [3.8, 4) is 0 Å². The normalized spacial score (nSPS) is 23.3. The number of ether oxygens (including phenoxy) is 1. The Morgan fingerprint density at radius 2 is 2.25 bits per heavy atom. The highest BCUT2D eigenvalue weighted by atomic mass is 16.5. The summed E-state index contributed by atoms with van der Waals surface area (Å²) in [6, 6.07) is 0. The molecule has 0 aromatic rings. The van der Waals surface area contributed by atoms with E-state index in [2.05, 4.69) is 22.0 Å². The molecule has 2 rings (SSSR count). The van der Waals surface area contributed by atoms with Crippen LogP contribution in [0.3, 0.4) is 0 Å². The van der Waals surface area contributed by atoms with E-state index in [0.717, 1.165) is 51.4 Å². The summed E-state index contributed by atoms with van der Waals surface area (Å²) in [6.45, 7) is 7.00. The van der Waals surface area contributed by atoms with Crippen LogP contribution in [-0.2, 0) is 4.74 Å². The Hall–Kier alpha value is -0.930. The summed E-state index contributed by atoms with van der Waals surface area (Å²) in [5.74, 6) is 0. The Balaban J connectivity index is 1.89. The van der Waals surface area contributed by atoms with Crippen LogP contribution >= 0.6 is 0 Å². The van der Waals surface area contributed by atoms with Crippen LogP contribution in [0.1, 0.15) is 19.8 Å². The molecule has 0 aromatic heterocycles. The molecule has 0 spiro atoms. The molecule has 3 heteroatoms. The zero-order valence-electron chi connectivity index (χ0n) is 9.98. The van der Waals surface area contributed by atoms with Gasteiger partial charge in [0.2, 0.25) is 0 Å². The van der Waals surface area contributed by atoms with E-state index in [1.54, 1.807) is 0 Å². The van der Waals surface area contributed by atoms with Gasteiger partial charge in [0.15, 0.2) is 0 Å². The van der Waals surface area contributed by atoms with Gasteiger partial charge in [-0.2, -0.15) is 0 Å². The van der Waals surface area contributed by atoms with Crippen molar-refractivity contribution in [3.63, 3.8) is 0 Å². The molecule has 1 fully saturated rings. The standard InChI is InChI=1S/C13H20N2O/c1-12-4-2-5-13(10-14-12)11-15-6-3-8-16-9-7-15/h4-5,10H,2-3,6-9,11H2,1H3. The molecule has 16 heavy (non-hydrogen) atoms. The lowest BCUT2D eigenvalue weighted by atomic mass is 10.2. The van der Waals surface area contributed by atoms with Crippen molar-refractivity contribution < 1.29 is 4.74 Å². The number of hydrogen-bond acceptors (Lipinski definition) is 3. The number of rotatable bonds is 2. The Labute approximate surface area is 97.5 Å². The summed E-state index contributed by atoms with van der Waals surface area (Å²) >= 11 is 0. The number of allylic oxidation sites excluding steroid dienone is 3. The third-order valence-corrected chi connectivity index (χ3v) is 2.95. The summed E-state index contributed by atoms with van der Waals surface area (Å²) in [5.41, 5.74) is 2.44. The monoisotopic (exact) mass is 220 g/mol. The van der Waals surface area contributed by atoms with Crippen LogP contribution in [0.2, 0.25) is 0 Å². The zero-order chi connectivity index (χ0) is 11.2. The van der Waals surface area contributed by atoms with E-state index in [-0.39, 0.29) is 0 Å². The molecule has 2 aliphatic heterocycles. The van der Waals surface area contributed by atoms with E-state index >= 15 is 0 Å². The maximum absolute atomic E-state index is 5.45. The molecular weight excluding hydrogens is 200 g/mol. The van der Waals surface area contributed by atoms with Crippen LogP contribution < -0.4 is 0 Å². The third-order valence-electron chi connectivity index (χ3n) is 2.95. The van der Waals surface area contributed by atoms with Gasteiger partial charge in [-0.05, 0) is 25.3 Å². The van der Waals surface area contributed by atoms with Gasteiger partial charge in [-0.1, -0.05) is 12.2 Å². The minimum Gasteiger partial charge on any atom is -0.380 e. The molecule has 1 saturated heterocycles. The zero-order valence-corrected chi connectivity index (χ0v) is 9.98. The first-order valence-electron chi connectivity index (χ1n) is 6.04. The summed E-state index contributed by atoms with van der Waals surface area (Å²) in [6.07, 6.45) is 8.58. The van der Waals surface area contributed by atoms with E-state index < -0.39 is 0 Å².